The lowest BCUT2D eigenvalue weighted by molar-refractivity contribution is -0.139. The highest BCUT2D eigenvalue weighted by atomic mass is 35.5. The number of ether oxygens (including phenoxy) is 1. The molecular formula is C22H25ClF3N3O5S. The number of rotatable bonds is 9. The second-order valence-electron chi connectivity index (χ2n) is 7.59. The number of carbonyl (C=O) groups is 2. The van der Waals surface area contributed by atoms with Gasteiger partial charge >= 0.3 is 6.18 Å². The van der Waals surface area contributed by atoms with Gasteiger partial charge in [-0.1, -0.05) is 23.7 Å². The molecule has 0 fully saturated rings. The number of hydrogen-bond acceptors (Lipinski definition) is 5. The van der Waals surface area contributed by atoms with E-state index in [0.29, 0.717) is 27.8 Å². The van der Waals surface area contributed by atoms with Crippen LogP contribution in [0.1, 0.15) is 18.1 Å². The van der Waals surface area contributed by atoms with Crippen molar-refractivity contribution in [3.8, 4) is 5.75 Å². The van der Waals surface area contributed by atoms with Crippen LogP contribution in [0.5, 0.6) is 5.75 Å². The van der Waals surface area contributed by atoms with Gasteiger partial charge in [0.25, 0.3) is 0 Å². The number of amides is 2. The number of alkyl halides is 3. The van der Waals surface area contributed by atoms with Crippen LogP contribution < -0.4 is 14.4 Å². The highest BCUT2D eigenvalue weighted by molar-refractivity contribution is 7.92. The molecule has 8 nitrogen and oxygen atoms in total. The maximum absolute atomic E-state index is 13.3. The van der Waals surface area contributed by atoms with E-state index in [0.717, 1.165) is 17.2 Å². The minimum Gasteiger partial charge on any atom is -0.497 e. The fourth-order valence-corrected chi connectivity index (χ4v) is 4.32. The number of anilines is 1. The first-order valence-corrected chi connectivity index (χ1v) is 12.4. The summed E-state index contributed by atoms with van der Waals surface area (Å²) in [4.78, 5) is 26.7. The Morgan fingerprint density at radius 1 is 1.14 bits per heavy atom. The van der Waals surface area contributed by atoms with Crippen LogP contribution in [0.4, 0.5) is 18.9 Å². The fraction of sp³-hybridized carbons (Fsp3) is 0.364. The second-order valence-corrected chi connectivity index (χ2v) is 9.91. The van der Waals surface area contributed by atoms with Gasteiger partial charge < -0.3 is 15.0 Å². The maximum Gasteiger partial charge on any atom is 0.416 e. The molecule has 2 aromatic carbocycles. The van der Waals surface area contributed by atoms with Crippen molar-refractivity contribution >= 4 is 39.1 Å². The summed E-state index contributed by atoms with van der Waals surface area (Å²) in [5.74, 6) is -0.779. The van der Waals surface area contributed by atoms with E-state index < -0.39 is 51.9 Å². The minimum atomic E-state index is -4.76. The van der Waals surface area contributed by atoms with Gasteiger partial charge in [-0.25, -0.2) is 8.42 Å². The van der Waals surface area contributed by atoms with E-state index in [1.807, 2.05) is 0 Å². The van der Waals surface area contributed by atoms with Crippen molar-refractivity contribution in [3.05, 3.63) is 58.6 Å². The van der Waals surface area contributed by atoms with Crippen LogP contribution in [0.15, 0.2) is 42.5 Å². The third-order valence-corrected chi connectivity index (χ3v) is 6.59. The number of sulfonamides is 1. The van der Waals surface area contributed by atoms with E-state index in [2.05, 4.69) is 5.32 Å². The molecule has 35 heavy (non-hydrogen) atoms. The molecule has 192 valence electrons. The summed E-state index contributed by atoms with van der Waals surface area (Å²) in [7, 11) is -1.39. The van der Waals surface area contributed by atoms with Crippen LogP contribution in [0, 0.1) is 0 Å². The Balaban J connectivity index is 2.47. The van der Waals surface area contributed by atoms with Crippen molar-refractivity contribution in [1.82, 2.24) is 10.2 Å². The largest absolute Gasteiger partial charge is 0.497 e. The van der Waals surface area contributed by atoms with Crippen LogP contribution in [-0.2, 0) is 32.3 Å². The highest BCUT2D eigenvalue weighted by Crippen LogP contribution is 2.36. The fourth-order valence-electron chi connectivity index (χ4n) is 3.19. The van der Waals surface area contributed by atoms with Gasteiger partial charge in [0.05, 0.1) is 29.6 Å². The number of benzene rings is 2. The van der Waals surface area contributed by atoms with Crippen LogP contribution in [-0.4, -0.2) is 58.1 Å². The molecule has 0 bridgehead atoms. The van der Waals surface area contributed by atoms with Crippen LogP contribution in [0.2, 0.25) is 5.02 Å². The third-order valence-electron chi connectivity index (χ3n) is 5.15. The molecule has 0 aliphatic carbocycles. The summed E-state index contributed by atoms with van der Waals surface area (Å²) in [6.45, 7) is 0.491. The van der Waals surface area contributed by atoms with E-state index in [1.165, 1.54) is 21.1 Å². The molecule has 0 heterocycles. The van der Waals surface area contributed by atoms with Crippen molar-refractivity contribution in [2.45, 2.75) is 25.7 Å². The smallest absolute Gasteiger partial charge is 0.416 e. The predicted molar refractivity (Wildman–Crippen MR) is 126 cm³/mol. The van der Waals surface area contributed by atoms with Gasteiger partial charge in [0, 0.05) is 13.6 Å². The second kappa shape index (κ2) is 11.2. The number of nitrogens with one attached hydrogen (secondary N) is 1. The Morgan fingerprint density at radius 2 is 1.74 bits per heavy atom. The Labute approximate surface area is 206 Å². The van der Waals surface area contributed by atoms with E-state index in [4.69, 9.17) is 16.3 Å². The zero-order valence-electron chi connectivity index (χ0n) is 19.4. The maximum atomic E-state index is 13.3. The molecule has 0 aliphatic rings. The topological polar surface area (TPSA) is 96.0 Å². The van der Waals surface area contributed by atoms with Gasteiger partial charge in [0.15, 0.2) is 0 Å². The summed E-state index contributed by atoms with van der Waals surface area (Å²) in [6.07, 6.45) is -4.02. The van der Waals surface area contributed by atoms with Crippen molar-refractivity contribution in [2.24, 2.45) is 0 Å². The molecule has 0 spiro atoms. The standard InChI is InChI=1S/C22H25ClF3N3O5S/c1-14(21(31)27-2)28(12-15-5-8-17(34-3)9-6-15)20(30)13-29(35(4,32)33)19-11-16(22(24,25)26)7-10-18(19)23/h5-11,14H,12-13H2,1-4H3,(H,27,31). The Morgan fingerprint density at radius 3 is 2.23 bits per heavy atom. The van der Waals surface area contributed by atoms with E-state index in [1.54, 1.807) is 24.3 Å². The average Bonchev–Trinajstić information content (AvgIpc) is 2.79. The van der Waals surface area contributed by atoms with Crippen LogP contribution in [0.3, 0.4) is 0 Å². The van der Waals surface area contributed by atoms with Crippen molar-refractivity contribution in [3.63, 3.8) is 0 Å². The molecule has 2 aromatic rings. The van der Waals surface area contributed by atoms with Crippen LogP contribution in [0.25, 0.3) is 0 Å². The summed E-state index contributed by atoms with van der Waals surface area (Å²) >= 11 is 6.03. The van der Waals surface area contributed by atoms with Gasteiger partial charge in [-0.2, -0.15) is 13.2 Å². The molecule has 1 atom stereocenters. The lowest BCUT2D eigenvalue weighted by Crippen LogP contribution is -2.50. The van der Waals surface area contributed by atoms with E-state index in [9.17, 15) is 31.2 Å². The Hall–Kier alpha value is -2.99. The summed E-state index contributed by atoms with van der Waals surface area (Å²) in [6, 6.07) is 7.77. The first-order chi connectivity index (χ1) is 16.2. The zero-order chi connectivity index (χ0) is 26.6. The molecule has 2 rings (SSSR count). The van der Waals surface area contributed by atoms with Gasteiger partial charge in [0.1, 0.15) is 18.3 Å². The number of halogens is 4. The number of methoxy groups -OCH3 is 1. The molecule has 2 amide bonds. The van der Waals surface area contributed by atoms with Crippen LogP contribution >= 0.6 is 11.6 Å². The monoisotopic (exact) mass is 535 g/mol. The quantitative estimate of drug-likeness (QED) is 0.531. The molecule has 0 radical (unpaired) electrons. The minimum absolute atomic E-state index is 0.0780. The molecule has 13 heteroatoms. The number of carbonyl (C=O) groups excluding carboxylic acids is 2. The van der Waals surface area contributed by atoms with Crippen molar-refractivity contribution in [2.75, 3.05) is 31.3 Å². The van der Waals surface area contributed by atoms with Gasteiger partial charge in [-0.15, -0.1) is 0 Å². The van der Waals surface area contributed by atoms with Gasteiger partial charge in [0.2, 0.25) is 21.8 Å². The molecule has 1 unspecified atom stereocenters. The number of nitrogens with zero attached hydrogens (tertiary/aromatic N) is 2. The Kier molecular flexibility index (Phi) is 9.01. The summed E-state index contributed by atoms with van der Waals surface area (Å²) < 4.78 is 70.3. The number of hydrogen-bond donors (Lipinski definition) is 1. The van der Waals surface area contributed by atoms with E-state index in [-0.39, 0.29) is 11.6 Å². The first kappa shape index (κ1) is 28.2. The molecular weight excluding hydrogens is 511 g/mol. The van der Waals surface area contributed by atoms with Crippen molar-refractivity contribution < 1.29 is 35.9 Å². The van der Waals surface area contributed by atoms with Crippen molar-refractivity contribution in [1.29, 1.82) is 0 Å². The zero-order valence-corrected chi connectivity index (χ0v) is 21.0. The Bertz CT molecular complexity index is 1170. The number of likely N-dealkylation sites (N-methyl/N-ethyl adjacent to an activating group) is 1. The third kappa shape index (κ3) is 7.25. The normalized spacial score (nSPS) is 12.6. The average molecular weight is 536 g/mol. The summed E-state index contributed by atoms with van der Waals surface area (Å²) in [5.41, 5.74) is -1.03. The molecule has 1 N–H and O–H groups in total. The predicted octanol–water partition coefficient (Wildman–Crippen LogP) is 3.30. The molecule has 0 aromatic heterocycles. The SMILES string of the molecule is CNC(=O)C(C)N(Cc1ccc(OC)cc1)C(=O)CN(c1cc(C(F)(F)F)ccc1Cl)S(C)(=O)=O. The molecule has 0 saturated carbocycles. The first-order valence-electron chi connectivity index (χ1n) is 10.2. The van der Waals surface area contributed by atoms with Gasteiger partial charge in [-0.05, 0) is 42.8 Å². The molecule has 0 saturated heterocycles. The highest BCUT2D eigenvalue weighted by Gasteiger charge is 2.34. The summed E-state index contributed by atoms with van der Waals surface area (Å²) in [5, 5.41) is 2.13. The lowest BCUT2D eigenvalue weighted by atomic mass is 10.1. The van der Waals surface area contributed by atoms with Gasteiger partial charge in [-0.3, -0.25) is 13.9 Å². The van der Waals surface area contributed by atoms with E-state index >= 15 is 0 Å². The molecule has 0 aliphatic heterocycles. The lowest BCUT2D eigenvalue weighted by Gasteiger charge is -2.31.